The molecule has 0 fully saturated rings. The van der Waals surface area contributed by atoms with Crippen molar-refractivity contribution in [2.24, 2.45) is 0 Å². The van der Waals surface area contributed by atoms with E-state index in [1.807, 2.05) is 12.1 Å². The van der Waals surface area contributed by atoms with Gasteiger partial charge in [0.1, 0.15) is 11.7 Å². The Balaban J connectivity index is 1.72. The maximum Gasteiger partial charge on any atom is 0.408 e. The fourth-order valence-electron chi connectivity index (χ4n) is 3.45. The first-order chi connectivity index (χ1) is 13.6. The highest BCUT2D eigenvalue weighted by Gasteiger charge is 2.36. The Kier molecular flexibility index (Phi) is 4.29. The molecule has 1 amide bonds. The van der Waals surface area contributed by atoms with Gasteiger partial charge >= 0.3 is 6.18 Å². The van der Waals surface area contributed by atoms with Gasteiger partial charge in [-0.15, -0.1) is 0 Å². The van der Waals surface area contributed by atoms with Crippen LogP contribution in [0.1, 0.15) is 36.7 Å². The van der Waals surface area contributed by atoms with Crippen molar-refractivity contribution in [1.29, 1.82) is 0 Å². The Morgan fingerprint density at radius 1 is 1.24 bits per heavy atom. The molecule has 152 valence electrons. The Labute approximate surface area is 164 Å². The highest BCUT2D eigenvalue weighted by atomic mass is 19.4. The Morgan fingerprint density at radius 3 is 2.72 bits per heavy atom. The van der Waals surface area contributed by atoms with E-state index >= 15 is 0 Å². The maximum atomic E-state index is 12.7. The molecule has 0 radical (unpaired) electrons. The van der Waals surface area contributed by atoms with Gasteiger partial charge in [0.05, 0.1) is 0 Å². The number of rotatable bonds is 3. The van der Waals surface area contributed by atoms with Crippen molar-refractivity contribution in [3.05, 3.63) is 41.7 Å². The first-order valence-corrected chi connectivity index (χ1v) is 9.17. The standard InChI is InChI=1S/C20H20F3N5O/c1-10(20(21,22)23)27-18-25-8-14-13(7-24-16(14)28-18)11-4-5-12-15(6-11)19(2,3)9-26-17(12)29/h4-8,10H,9H2,1-3H3,(H,26,29)(H2,24,25,27,28)/t10-/m1/s1. The number of nitrogens with one attached hydrogen (secondary N) is 3. The minimum absolute atomic E-state index is 0.0948. The van der Waals surface area contributed by atoms with Crippen molar-refractivity contribution < 1.29 is 18.0 Å². The van der Waals surface area contributed by atoms with Crippen LogP contribution in [0.4, 0.5) is 19.1 Å². The van der Waals surface area contributed by atoms with Crippen LogP contribution in [0.5, 0.6) is 0 Å². The second-order valence-corrected chi connectivity index (χ2v) is 7.89. The van der Waals surface area contributed by atoms with E-state index in [9.17, 15) is 18.0 Å². The lowest BCUT2D eigenvalue weighted by atomic mass is 9.78. The molecule has 2 aromatic heterocycles. The van der Waals surface area contributed by atoms with Crippen molar-refractivity contribution in [3.63, 3.8) is 0 Å². The number of amides is 1. The molecule has 3 N–H and O–H groups in total. The molecule has 9 heteroatoms. The summed E-state index contributed by atoms with van der Waals surface area (Å²) < 4.78 is 38.2. The van der Waals surface area contributed by atoms with Crippen molar-refractivity contribution in [2.45, 2.75) is 38.4 Å². The van der Waals surface area contributed by atoms with Gasteiger partial charge in [0.25, 0.3) is 5.91 Å². The summed E-state index contributed by atoms with van der Waals surface area (Å²) in [7, 11) is 0. The molecular formula is C20H20F3N5O. The molecule has 29 heavy (non-hydrogen) atoms. The van der Waals surface area contributed by atoms with Crippen LogP contribution in [0.25, 0.3) is 22.2 Å². The molecule has 0 spiro atoms. The van der Waals surface area contributed by atoms with Crippen LogP contribution >= 0.6 is 0 Å². The maximum absolute atomic E-state index is 12.7. The molecule has 0 saturated carbocycles. The zero-order valence-electron chi connectivity index (χ0n) is 16.1. The molecule has 3 aromatic rings. The fraction of sp³-hybridized carbons (Fsp3) is 0.350. The van der Waals surface area contributed by atoms with Crippen molar-refractivity contribution >= 4 is 22.9 Å². The van der Waals surface area contributed by atoms with E-state index in [1.165, 1.54) is 6.20 Å². The van der Waals surface area contributed by atoms with Gasteiger partial charge in [0.2, 0.25) is 5.95 Å². The van der Waals surface area contributed by atoms with Crippen LogP contribution in [0, 0.1) is 0 Å². The van der Waals surface area contributed by atoms with E-state index in [4.69, 9.17) is 0 Å². The van der Waals surface area contributed by atoms with E-state index in [2.05, 4.69) is 39.4 Å². The number of H-pyrrole nitrogens is 1. The predicted octanol–water partition coefficient (Wildman–Crippen LogP) is 4.01. The normalized spacial score (nSPS) is 17.0. The predicted molar refractivity (Wildman–Crippen MR) is 104 cm³/mol. The summed E-state index contributed by atoms with van der Waals surface area (Å²) in [6.45, 7) is 5.69. The molecule has 0 bridgehead atoms. The molecule has 1 atom stereocenters. The summed E-state index contributed by atoms with van der Waals surface area (Å²) in [6, 6.07) is 3.86. The number of carbonyl (C=O) groups is 1. The smallest absolute Gasteiger partial charge is 0.351 e. The fourth-order valence-corrected chi connectivity index (χ4v) is 3.45. The number of anilines is 1. The number of hydrogen-bond donors (Lipinski definition) is 3. The van der Waals surface area contributed by atoms with Gasteiger partial charge < -0.3 is 15.6 Å². The highest BCUT2D eigenvalue weighted by molar-refractivity contribution is 5.99. The van der Waals surface area contributed by atoms with E-state index in [1.54, 1.807) is 12.3 Å². The summed E-state index contributed by atoms with van der Waals surface area (Å²) in [5.41, 5.74) is 3.51. The number of alkyl halides is 3. The van der Waals surface area contributed by atoms with Crippen LogP contribution in [0.15, 0.2) is 30.6 Å². The molecule has 0 saturated heterocycles. The first-order valence-electron chi connectivity index (χ1n) is 9.17. The third-order valence-corrected chi connectivity index (χ3v) is 5.26. The largest absolute Gasteiger partial charge is 0.408 e. The summed E-state index contributed by atoms with van der Waals surface area (Å²) in [4.78, 5) is 23.4. The van der Waals surface area contributed by atoms with Crippen molar-refractivity contribution in [2.75, 3.05) is 11.9 Å². The van der Waals surface area contributed by atoms with Gasteiger partial charge in [-0.3, -0.25) is 4.79 Å². The van der Waals surface area contributed by atoms with Gasteiger partial charge in [-0.05, 0) is 30.2 Å². The van der Waals surface area contributed by atoms with Crippen LogP contribution in [-0.2, 0) is 5.41 Å². The quantitative estimate of drug-likeness (QED) is 0.617. The van der Waals surface area contributed by atoms with Gasteiger partial charge in [-0.25, -0.2) is 4.98 Å². The number of fused-ring (bicyclic) bond motifs is 2. The average molecular weight is 403 g/mol. The minimum Gasteiger partial charge on any atom is -0.351 e. The van der Waals surface area contributed by atoms with E-state index in [0.717, 1.165) is 23.6 Å². The van der Waals surface area contributed by atoms with Gasteiger partial charge in [0, 0.05) is 40.9 Å². The van der Waals surface area contributed by atoms with Crippen LogP contribution in [0.2, 0.25) is 0 Å². The van der Waals surface area contributed by atoms with E-state index in [-0.39, 0.29) is 17.3 Å². The second kappa shape index (κ2) is 6.47. The number of halogens is 3. The molecule has 6 nitrogen and oxygen atoms in total. The molecule has 4 rings (SSSR count). The Hall–Kier alpha value is -3.10. The summed E-state index contributed by atoms with van der Waals surface area (Å²) >= 11 is 0. The van der Waals surface area contributed by atoms with E-state index in [0.29, 0.717) is 23.1 Å². The molecule has 0 unspecified atom stereocenters. The molecule has 1 aliphatic heterocycles. The molecule has 3 heterocycles. The lowest BCUT2D eigenvalue weighted by Crippen LogP contribution is -2.43. The van der Waals surface area contributed by atoms with Gasteiger partial charge in [-0.2, -0.15) is 18.2 Å². The zero-order valence-corrected chi connectivity index (χ0v) is 16.1. The van der Waals surface area contributed by atoms with Gasteiger partial charge in [-0.1, -0.05) is 19.9 Å². The van der Waals surface area contributed by atoms with Crippen LogP contribution in [0.3, 0.4) is 0 Å². The molecular weight excluding hydrogens is 383 g/mol. The lowest BCUT2D eigenvalue weighted by molar-refractivity contribution is -0.138. The van der Waals surface area contributed by atoms with E-state index < -0.39 is 12.2 Å². The second-order valence-electron chi connectivity index (χ2n) is 7.89. The topological polar surface area (TPSA) is 82.7 Å². The number of aromatic amines is 1. The Bertz CT molecular complexity index is 1100. The summed E-state index contributed by atoms with van der Waals surface area (Å²) in [5, 5.41) is 5.85. The van der Waals surface area contributed by atoms with Crippen LogP contribution < -0.4 is 10.6 Å². The summed E-state index contributed by atoms with van der Waals surface area (Å²) in [5.74, 6) is -0.193. The van der Waals surface area contributed by atoms with Crippen molar-refractivity contribution in [3.8, 4) is 11.1 Å². The number of hydrogen-bond acceptors (Lipinski definition) is 4. The SMILES string of the molecule is C[C@@H](Nc1ncc2c(-c3ccc4c(c3)C(C)(C)CNC4=O)c[nH]c2n1)C(F)(F)F. The summed E-state index contributed by atoms with van der Waals surface area (Å²) in [6.07, 6.45) is -1.15. The zero-order chi connectivity index (χ0) is 21.0. The number of benzene rings is 1. The molecule has 1 aliphatic rings. The average Bonchev–Trinajstić information content (AvgIpc) is 3.07. The highest BCUT2D eigenvalue weighted by Crippen LogP contribution is 2.35. The number of carbonyl (C=O) groups excluding carboxylic acids is 1. The lowest BCUT2D eigenvalue weighted by Gasteiger charge is -2.32. The number of nitrogens with zero attached hydrogens (tertiary/aromatic N) is 2. The first kappa shape index (κ1) is 19.2. The monoisotopic (exact) mass is 403 g/mol. The minimum atomic E-state index is -4.39. The Morgan fingerprint density at radius 2 is 2.00 bits per heavy atom. The molecule has 0 aliphatic carbocycles. The van der Waals surface area contributed by atoms with Crippen molar-refractivity contribution in [1.82, 2.24) is 20.3 Å². The number of aromatic nitrogens is 3. The third-order valence-electron chi connectivity index (χ3n) is 5.26. The third kappa shape index (κ3) is 3.41. The van der Waals surface area contributed by atoms with Gasteiger partial charge in [0.15, 0.2) is 0 Å². The van der Waals surface area contributed by atoms with Crippen LogP contribution in [-0.4, -0.2) is 39.6 Å². The molecule has 1 aromatic carbocycles.